The minimum atomic E-state index is 0.431. The van der Waals surface area contributed by atoms with Gasteiger partial charge in [0, 0.05) is 38.8 Å². The van der Waals surface area contributed by atoms with Crippen LogP contribution in [0.1, 0.15) is 37.7 Å². The summed E-state index contributed by atoms with van der Waals surface area (Å²) in [6, 6.07) is 42.3. The van der Waals surface area contributed by atoms with Gasteiger partial charge in [-0.3, -0.25) is 0 Å². The van der Waals surface area contributed by atoms with Gasteiger partial charge in [0.15, 0.2) is 17.5 Å². The molecule has 0 radical (unpaired) electrons. The maximum Gasteiger partial charge on any atom is 0.164 e. The Morgan fingerprint density at radius 1 is 0.536 bits per heavy atom. The molecule has 3 aliphatic carbocycles. The van der Waals surface area contributed by atoms with Crippen molar-refractivity contribution >= 4 is 49.1 Å². The normalized spacial score (nSPS) is 18.2. The van der Waals surface area contributed by atoms with Crippen molar-refractivity contribution in [2.45, 2.75) is 32.1 Å². The lowest BCUT2D eigenvalue weighted by molar-refractivity contribution is 0.554. The fourth-order valence-corrected chi connectivity index (χ4v) is 8.95. The zero-order valence-corrected chi connectivity index (χ0v) is 31.0. The van der Waals surface area contributed by atoms with Crippen molar-refractivity contribution in [2.75, 3.05) is 0 Å². The number of nitrogens with zero attached hydrogens (tertiary/aromatic N) is 3. The molecule has 2 heterocycles. The fourth-order valence-electron chi connectivity index (χ4n) is 8.95. The summed E-state index contributed by atoms with van der Waals surface area (Å²) in [5, 5.41) is 6.54. The summed E-state index contributed by atoms with van der Waals surface area (Å²) in [6.45, 7) is 0. The molecule has 3 aliphatic rings. The highest BCUT2D eigenvalue weighted by Crippen LogP contribution is 2.42. The number of allylic oxidation sites excluding steroid dienone is 10. The molecule has 6 aromatic carbocycles. The molecular formula is C52H39N3O. The van der Waals surface area contributed by atoms with Crippen molar-refractivity contribution < 1.29 is 4.42 Å². The maximum atomic E-state index is 6.68. The average Bonchev–Trinajstić information content (AvgIpc) is 3.45. The highest BCUT2D eigenvalue weighted by molar-refractivity contribution is 6.19. The number of rotatable bonds is 5. The van der Waals surface area contributed by atoms with Crippen molar-refractivity contribution in [3.63, 3.8) is 0 Å². The number of fused-ring (bicyclic) bond motifs is 7. The van der Waals surface area contributed by atoms with E-state index in [4.69, 9.17) is 19.4 Å². The SMILES string of the molecule is C1=CC2=CC(C3C=CC(c4ccc5oc6c7ccccc7c(-c7nc(-c8ccccc8)nc(-c8ccc9ccccc9c8)n7)cc6c5c4)=CCC3)=CCC2CC1. The first kappa shape index (κ1) is 32.8. The highest BCUT2D eigenvalue weighted by atomic mass is 16.3. The van der Waals surface area contributed by atoms with E-state index >= 15 is 0 Å². The number of furan rings is 1. The third-order valence-electron chi connectivity index (χ3n) is 11.9. The Bertz CT molecular complexity index is 3010. The van der Waals surface area contributed by atoms with Gasteiger partial charge in [-0.25, -0.2) is 15.0 Å². The van der Waals surface area contributed by atoms with Crippen LogP contribution in [-0.4, -0.2) is 15.0 Å². The van der Waals surface area contributed by atoms with Gasteiger partial charge < -0.3 is 4.42 Å². The predicted molar refractivity (Wildman–Crippen MR) is 231 cm³/mol. The Labute approximate surface area is 326 Å². The first-order valence-electron chi connectivity index (χ1n) is 19.9. The van der Waals surface area contributed by atoms with Crippen LogP contribution in [0.5, 0.6) is 0 Å². The second kappa shape index (κ2) is 13.6. The third kappa shape index (κ3) is 5.81. The molecule has 0 amide bonds. The second-order valence-corrected chi connectivity index (χ2v) is 15.4. The molecule has 0 aliphatic heterocycles. The minimum absolute atomic E-state index is 0.431. The van der Waals surface area contributed by atoms with Gasteiger partial charge in [-0.2, -0.15) is 0 Å². The van der Waals surface area contributed by atoms with Gasteiger partial charge in [0.2, 0.25) is 0 Å². The summed E-state index contributed by atoms with van der Waals surface area (Å²) >= 11 is 0. The van der Waals surface area contributed by atoms with Crippen LogP contribution < -0.4 is 0 Å². The van der Waals surface area contributed by atoms with E-state index in [0.29, 0.717) is 29.3 Å². The van der Waals surface area contributed by atoms with Crippen LogP contribution in [0, 0.1) is 11.8 Å². The quantitative estimate of drug-likeness (QED) is 0.178. The highest BCUT2D eigenvalue weighted by Gasteiger charge is 2.23. The molecule has 0 saturated carbocycles. The Morgan fingerprint density at radius 3 is 2.23 bits per heavy atom. The van der Waals surface area contributed by atoms with E-state index in [1.807, 2.05) is 18.2 Å². The topological polar surface area (TPSA) is 51.8 Å². The lowest BCUT2D eigenvalue weighted by Gasteiger charge is -2.26. The molecule has 0 fully saturated rings. The van der Waals surface area contributed by atoms with Gasteiger partial charge in [0.1, 0.15) is 11.2 Å². The smallest absolute Gasteiger partial charge is 0.164 e. The van der Waals surface area contributed by atoms with Crippen LogP contribution >= 0.6 is 0 Å². The molecule has 0 spiro atoms. The molecule has 2 atom stereocenters. The van der Waals surface area contributed by atoms with Crippen LogP contribution in [0.15, 0.2) is 179 Å². The molecule has 11 rings (SSSR count). The van der Waals surface area contributed by atoms with Crippen LogP contribution in [-0.2, 0) is 0 Å². The van der Waals surface area contributed by atoms with Crippen LogP contribution in [0.2, 0.25) is 0 Å². The summed E-state index contributed by atoms with van der Waals surface area (Å²) in [6.07, 6.45) is 22.6. The lowest BCUT2D eigenvalue weighted by Crippen LogP contribution is -2.12. The summed E-state index contributed by atoms with van der Waals surface area (Å²) < 4.78 is 6.68. The van der Waals surface area contributed by atoms with E-state index in [1.54, 1.807) is 0 Å². The second-order valence-electron chi connectivity index (χ2n) is 15.4. The minimum Gasteiger partial charge on any atom is -0.455 e. The van der Waals surface area contributed by atoms with Crippen LogP contribution in [0.25, 0.3) is 83.2 Å². The molecule has 2 aromatic heterocycles. The van der Waals surface area contributed by atoms with E-state index in [1.165, 1.54) is 46.9 Å². The van der Waals surface area contributed by atoms with Gasteiger partial charge in [0.05, 0.1) is 0 Å². The molecular weight excluding hydrogens is 683 g/mol. The van der Waals surface area contributed by atoms with Gasteiger partial charge >= 0.3 is 0 Å². The van der Waals surface area contributed by atoms with Crippen molar-refractivity contribution in [3.05, 3.63) is 181 Å². The third-order valence-corrected chi connectivity index (χ3v) is 11.9. The molecule has 56 heavy (non-hydrogen) atoms. The standard InChI is InChI=1S/C52H39N3O/c1-2-13-37(14-3-1)50-53-51(42-26-24-34-12-5-7-16-39(34)30-42)55-52(54-50)47-32-46-45-31-41(27-28-48(45)56-49(46)44-20-9-8-19-43(44)47)36-18-10-17-35(21-22-36)40-25-23-33-11-4-6-15-38(33)29-40/h1-3,5-9,12-16,18-22,24-33,35H,4,10-11,17,23H2. The molecule has 8 aromatic rings. The van der Waals surface area contributed by atoms with Gasteiger partial charge in [0.25, 0.3) is 0 Å². The Hall–Kier alpha value is -6.65. The van der Waals surface area contributed by atoms with Crippen molar-refractivity contribution in [1.82, 2.24) is 15.0 Å². The number of aromatic nitrogens is 3. The Kier molecular flexibility index (Phi) is 7.94. The first-order valence-corrected chi connectivity index (χ1v) is 19.9. The van der Waals surface area contributed by atoms with Gasteiger partial charge in [-0.15, -0.1) is 0 Å². The van der Waals surface area contributed by atoms with Crippen LogP contribution in [0.4, 0.5) is 0 Å². The largest absolute Gasteiger partial charge is 0.455 e. The van der Waals surface area contributed by atoms with E-state index in [-0.39, 0.29) is 0 Å². The monoisotopic (exact) mass is 721 g/mol. The summed E-state index contributed by atoms with van der Waals surface area (Å²) in [5.74, 6) is 3.05. The summed E-state index contributed by atoms with van der Waals surface area (Å²) in [4.78, 5) is 15.4. The molecule has 268 valence electrons. The molecule has 4 heteroatoms. The van der Waals surface area contributed by atoms with Gasteiger partial charge in [-0.1, -0.05) is 140 Å². The van der Waals surface area contributed by atoms with Crippen molar-refractivity contribution in [1.29, 1.82) is 0 Å². The number of hydrogen-bond acceptors (Lipinski definition) is 4. The number of benzene rings is 6. The van der Waals surface area contributed by atoms with E-state index in [2.05, 4.69) is 146 Å². The van der Waals surface area contributed by atoms with E-state index in [9.17, 15) is 0 Å². The van der Waals surface area contributed by atoms with Crippen LogP contribution in [0.3, 0.4) is 0 Å². The molecule has 0 saturated heterocycles. The van der Waals surface area contributed by atoms with Gasteiger partial charge in [-0.05, 0) is 101 Å². The first-order chi connectivity index (χ1) is 27.7. The van der Waals surface area contributed by atoms with Crippen molar-refractivity contribution in [3.8, 4) is 34.2 Å². The predicted octanol–water partition coefficient (Wildman–Crippen LogP) is 13.7. The molecule has 2 unspecified atom stereocenters. The lowest BCUT2D eigenvalue weighted by atomic mass is 9.79. The Balaban J connectivity index is 1.03. The molecule has 0 bridgehead atoms. The van der Waals surface area contributed by atoms with E-state index < -0.39 is 0 Å². The van der Waals surface area contributed by atoms with Crippen molar-refractivity contribution in [2.24, 2.45) is 11.8 Å². The average molecular weight is 722 g/mol. The summed E-state index contributed by atoms with van der Waals surface area (Å²) in [5.41, 5.74) is 10.0. The molecule has 4 nitrogen and oxygen atoms in total. The maximum absolute atomic E-state index is 6.68. The zero-order valence-electron chi connectivity index (χ0n) is 31.0. The van der Waals surface area contributed by atoms with E-state index in [0.717, 1.165) is 67.6 Å². The number of hydrogen-bond donors (Lipinski definition) is 0. The fraction of sp³-hybridized carbons (Fsp3) is 0.135. The Morgan fingerprint density at radius 2 is 1.32 bits per heavy atom. The summed E-state index contributed by atoms with van der Waals surface area (Å²) in [7, 11) is 0. The molecule has 0 N–H and O–H groups in total. The zero-order chi connectivity index (χ0) is 37.0.